The van der Waals surface area contributed by atoms with Crippen molar-refractivity contribution in [3.05, 3.63) is 66.1 Å². The van der Waals surface area contributed by atoms with Gasteiger partial charge in [-0.15, -0.1) is 0 Å². The molecular formula is C15H16N2O. The monoisotopic (exact) mass is 240 g/mol. The third kappa shape index (κ3) is 2.88. The Morgan fingerprint density at radius 3 is 2.39 bits per heavy atom. The van der Waals surface area contributed by atoms with Gasteiger partial charge in [-0.3, -0.25) is 4.98 Å². The minimum Gasteiger partial charge on any atom is -0.497 e. The summed E-state index contributed by atoms with van der Waals surface area (Å²) in [4.78, 5) is 4.01. The fourth-order valence-electron chi connectivity index (χ4n) is 1.79. The van der Waals surface area contributed by atoms with Crippen LogP contribution >= 0.6 is 0 Å². The Balaban J connectivity index is 2.16. The molecule has 1 aromatic heterocycles. The molecule has 2 aromatic rings. The van der Waals surface area contributed by atoms with Crippen LogP contribution in [0.25, 0.3) is 5.57 Å². The lowest BCUT2D eigenvalue weighted by Crippen LogP contribution is -1.95. The van der Waals surface area contributed by atoms with Crippen molar-refractivity contribution in [1.29, 1.82) is 0 Å². The van der Waals surface area contributed by atoms with Crippen LogP contribution in [-0.4, -0.2) is 12.1 Å². The van der Waals surface area contributed by atoms with Crippen LogP contribution in [0, 0.1) is 0 Å². The standard InChI is InChI=1S/C15H16N2O/c1-18-15-4-2-12(3-5-15)10-14(11-16)13-6-8-17-9-7-13/h2-9,11H,10,16H2,1H3. The molecule has 0 saturated heterocycles. The largest absolute Gasteiger partial charge is 0.497 e. The maximum absolute atomic E-state index is 5.70. The van der Waals surface area contributed by atoms with Gasteiger partial charge >= 0.3 is 0 Å². The summed E-state index contributed by atoms with van der Waals surface area (Å²) in [5.74, 6) is 0.862. The van der Waals surface area contributed by atoms with Crippen LogP contribution in [0.3, 0.4) is 0 Å². The van der Waals surface area contributed by atoms with E-state index in [1.54, 1.807) is 25.7 Å². The van der Waals surface area contributed by atoms with Crippen molar-refractivity contribution in [2.45, 2.75) is 6.42 Å². The summed E-state index contributed by atoms with van der Waals surface area (Å²) in [6, 6.07) is 11.9. The van der Waals surface area contributed by atoms with Gasteiger partial charge in [0.15, 0.2) is 0 Å². The lowest BCUT2D eigenvalue weighted by molar-refractivity contribution is 0.414. The number of hydrogen-bond donors (Lipinski definition) is 1. The van der Waals surface area contributed by atoms with Crippen LogP contribution in [0.15, 0.2) is 55.0 Å². The number of benzene rings is 1. The molecule has 0 spiro atoms. The molecule has 2 rings (SSSR count). The molecule has 0 aliphatic carbocycles. The Kier molecular flexibility index (Phi) is 3.97. The molecule has 18 heavy (non-hydrogen) atoms. The molecule has 92 valence electrons. The zero-order valence-electron chi connectivity index (χ0n) is 10.3. The zero-order valence-corrected chi connectivity index (χ0v) is 10.3. The van der Waals surface area contributed by atoms with Gasteiger partial charge in [-0.05, 0) is 53.6 Å². The van der Waals surface area contributed by atoms with Gasteiger partial charge in [-0.25, -0.2) is 0 Å². The molecular weight excluding hydrogens is 224 g/mol. The molecule has 0 fully saturated rings. The molecule has 3 nitrogen and oxygen atoms in total. The second-order valence-corrected chi connectivity index (χ2v) is 3.95. The number of pyridine rings is 1. The molecule has 0 unspecified atom stereocenters. The average molecular weight is 240 g/mol. The highest BCUT2D eigenvalue weighted by Crippen LogP contribution is 2.20. The Labute approximate surface area is 107 Å². The van der Waals surface area contributed by atoms with E-state index in [-0.39, 0.29) is 0 Å². The number of nitrogens with zero attached hydrogens (tertiary/aromatic N) is 1. The van der Waals surface area contributed by atoms with Crippen molar-refractivity contribution in [2.24, 2.45) is 5.73 Å². The molecule has 0 aliphatic heterocycles. The first-order chi connectivity index (χ1) is 8.83. The molecule has 0 aliphatic rings. The van der Waals surface area contributed by atoms with Gasteiger partial charge in [0.2, 0.25) is 0 Å². The first-order valence-electron chi connectivity index (χ1n) is 5.77. The first-order valence-corrected chi connectivity index (χ1v) is 5.77. The van der Waals surface area contributed by atoms with Gasteiger partial charge in [-0.2, -0.15) is 0 Å². The van der Waals surface area contributed by atoms with Gasteiger partial charge in [0.1, 0.15) is 5.75 Å². The van der Waals surface area contributed by atoms with Crippen LogP contribution in [0.5, 0.6) is 5.75 Å². The number of aromatic nitrogens is 1. The maximum atomic E-state index is 5.70. The van der Waals surface area contributed by atoms with Crippen LogP contribution < -0.4 is 10.5 Å². The molecule has 0 atom stereocenters. The third-order valence-electron chi connectivity index (χ3n) is 2.81. The third-order valence-corrected chi connectivity index (χ3v) is 2.81. The highest BCUT2D eigenvalue weighted by Gasteiger charge is 2.02. The summed E-state index contributed by atoms with van der Waals surface area (Å²) < 4.78 is 5.14. The zero-order chi connectivity index (χ0) is 12.8. The first kappa shape index (κ1) is 12.2. The molecule has 0 amide bonds. The second-order valence-electron chi connectivity index (χ2n) is 3.95. The van der Waals surface area contributed by atoms with Crippen molar-refractivity contribution in [3.63, 3.8) is 0 Å². The van der Waals surface area contributed by atoms with E-state index >= 15 is 0 Å². The number of hydrogen-bond acceptors (Lipinski definition) is 3. The van der Waals surface area contributed by atoms with Crippen LogP contribution in [-0.2, 0) is 6.42 Å². The van der Waals surface area contributed by atoms with Crippen molar-refractivity contribution in [2.75, 3.05) is 7.11 Å². The van der Waals surface area contributed by atoms with E-state index in [0.717, 1.165) is 23.3 Å². The molecule has 0 bridgehead atoms. The molecule has 0 radical (unpaired) electrons. The van der Waals surface area contributed by atoms with E-state index in [1.807, 2.05) is 36.4 Å². The van der Waals surface area contributed by atoms with E-state index in [1.165, 1.54) is 5.56 Å². The molecule has 1 aromatic carbocycles. The summed E-state index contributed by atoms with van der Waals surface area (Å²) in [6.07, 6.45) is 5.99. The topological polar surface area (TPSA) is 48.1 Å². The summed E-state index contributed by atoms with van der Waals surface area (Å²) in [6.45, 7) is 0. The summed E-state index contributed by atoms with van der Waals surface area (Å²) in [7, 11) is 1.66. The summed E-state index contributed by atoms with van der Waals surface area (Å²) >= 11 is 0. The summed E-state index contributed by atoms with van der Waals surface area (Å²) in [5.41, 5.74) is 9.09. The van der Waals surface area contributed by atoms with Gasteiger partial charge in [0.25, 0.3) is 0 Å². The van der Waals surface area contributed by atoms with Gasteiger partial charge < -0.3 is 10.5 Å². The number of ether oxygens (including phenoxy) is 1. The Hall–Kier alpha value is -2.29. The van der Waals surface area contributed by atoms with Crippen molar-refractivity contribution < 1.29 is 4.74 Å². The van der Waals surface area contributed by atoms with Gasteiger partial charge in [0.05, 0.1) is 7.11 Å². The fourth-order valence-corrected chi connectivity index (χ4v) is 1.79. The Morgan fingerprint density at radius 2 is 1.83 bits per heavy atom. The van der Waals surface area contributed by atoms with E-state index < -0.39 is 0 Å². The number of methoxy groups -OCH3 is 1. The fraction of sp³-hybridized carbons (Fsp3) is 0.133. The second kappa shape index (κ2) is 5.87. The molecule has 0 saturated carbocycles. The highest BCUT2D eigenvalue weighted by molar-refractivity contribution is 5.66. The Morgan fingerprint density at radius 1 is 1.17 bits per heavy atom. The number of nitrogens with two attached hydrogens (primary N) is 1. The van der Waals surface area contributed by atoms with Crippen LogP contribution in [0.2, 0.25) is 0 Å². The lowest BCUT2D eigenvalue weighted by atomic mass is 10.00. The average Bonchev–Trinajstić information content (AvgIpc) is 2.46. The molecule has 1 heterocycles. The minimum atomic E-state index is 0.796. The predicted molar refractivity (Wildman–Crippen MR) is 73.1 cm³/mol. The SMILES string of the molecule is COc1ccc(CC(=CN)c2ccncc2)cc1. The van der Waals surface area contributed by atoms with E-state index in [0.29, 0.717) is 0 Å². The minimum absolute atomic E-state index is 0.796. The van der Waals surface area contributed by atoms with E-state index in [2.05, 4.69) is 4.98 Å². The highest BCUT2D eigenvalue weighted by atomic mass is 16.5. The molecule has 2 N–H and O–H groups in total. The van der Waals surface area contributed by atoms with Crippen molar-refractivity contribution in [3.8, 4) is 5.75 Å². The predicted octanol–water partition coefficient (Wildman–Crippen LogP) is 2.63. The smallest absolute Gasteiger partial charge is 0.118 e. The van der Waals surface area contributed by atoms with E-state index in [4.69, 9.17) is 10.5 Å². The number of allylic oxidation sites excluding steroid dienone is 1. The van der Waals surface area contributed by atoms with Gasteiger partial charge in [-0.1, -0.05) is 12.1 Å². The van der Waals surface area contributed by atoms with Crippen molar-refractivity contribution in [1.82, 2.24) is 4.98 Å². The number of rotatable bonds is 4. The maximum Gasteiger partial charge on any atom is 0.118 e. The van der Waals surface area contributed by atoms with E-state index in [9.17, 15) is 0 Å². The molecule has 3 heteroatoms. The summed E-state index contributed by atoms with van der Waals surface area (Å²) in [5, 5.41) is 0. The van der Waals surface area contributed by atoms with Crippen LogP contribution in [0.1, 0.15) is 11.1 Å². The van der Waals surface area contributed by atoms with Crippen molar-refractivity contribution >= 4 is 5.57 Å². The van der Waals surface area contributed by atoms with Gasteiger partial charge in [0, 0.05) is 12.4 Å². The normalized spacial score (nSPS) is 11.3. The van der Waals surface area contributed by atoms with Crippen LogP contribution in [0.4, 0.5) is 0 Å². The lowest BCUT2D eigenvalue weighted by Gasteiger charge is -2.07. The Bertz CT molecular complexity index is 518. The quantitative estimate of drug-likeness (QED) is 0.893.